The van der Waals surface area contributed by atoms with Gasteiger partial charge in [-0.05, 0) is 18.2 Å². The molecule has 0 aliphatic carbocycles. The molecule has 0 aliphatic heterocycles. The van der Waals surface area contributed by atoms with E-state index in [2.05, 4.69) is 6.92 Å². The van der Waals surface area contributed by atoms with Crippen molar-refractivity contribution in [3.63, 3.8) is 0 Å². The van der Waals surface area contributed by atoms with Gasteiger partial charge < -0.3 is 5.11 Å². The molecule has 0 saturated heterocycles. The lowest BCUT2D eigenvalue weighted by atomic mass is 10.1. The van der Waals surface area contributed by atoms with Crippen LogP contribution in [0.2, 0.25) is 0 Å². The summed E-state index contributed by atoms with van der Waals surface area (Å²) in [6.07, 6.45) is 9.01. The first-order valence-electron chi connectivity index (χ1n) is 6.38. The van der Waals surface area contributed by atoms with E-state index < -0.39 is 10.9 Å². The first-order chi connectivity index (χ1) is 7.95. The first kappa shape index (κ1) is 17.1. The zero-order chi connectivity index (χ0) is 13.1. The number of hydrogen-bond acceptors (Lipinski definition) is 2. The predicted octanol–water partition coefficient (Wildman–Crippen LogP) is 5.09. The van der Waals surface area contributed by atoms with Gasteiger partial charge in [0.25, 0.3) is 0 Å². The Morgan fingerprint density at radius 3 is 1.88 bits per heavy atom. The van der Waals surface area contributed by atoms with Crippen molar-refractivity contribution < 1.29 is 18.3 Å². The van der Waals surface area contributed by atoms with E-state index in [-0.39, 0.29) is 18.2 Å². The fraction of sp³-hybridized carbons (Fsp3) is 1.00. The highest BCUT2D eigenvalue weighted by Crippen LogP contribution is 2.34. The normalized spacial score (nSPS) is 13.9. The largest absolute Gasteiger partial charge is 0.444 e. The van der Waals surface area contributed by atoms with E-state index in [0.29, 0.717) is 6.42 Å². The van der Waals surface area contributed by atoms with Crippen LogP contribution in [0.3, 0.4) is 0 Å². The van der Waals surface area contributed by atoms with Crippen molar-refractivity contribution in [1.29, 1.82) is 0 Å². The molecule has 0 rings (SSSR count). The van der Waals surface area contributed by atoms with Gasteiger partial charge in [0.2, 0.25) is 0 Å². The van der Waals surface area contributed by atoms with Gasteiger partial charge in [-0.25, -0.2) is 0 Å². The Morgan fingerprint density at radius 1 is 0.941 bits per heavy atom. The summed E-state index contributed by atoms with van der Waals surface area (Å²) < 4.78 is 35.6. The summed E-state index contributed by atoms with van der Waals surface area (Å²) in [6.45, 7) is 2.17. The minimum atomic E-state index is -4.32. The summed E-state index contributed by atoms with van der Waals surface area (Å²) in [5.74, 6) is 0. The molecule has 1 N–H and O–H groups in total. The first-order valence-corrected chi connectivity index (χ1v) is 7.26. The van der Waals surface area contributed by atoms with E-state index in [1.165, 1.54) is 25.7 Å². The second kappa shape index (κ2) is 10.1. The lowest BCUT2D eigenvalue weighted by molar-refractivity contribution is -0.0355. The molecular formula is C12H23F3OS. The van der Waals surface area contributed by atoms with Crippen molar-refractivity contribution in [2.45, 2.75) is 75.7 Å². The third kappa shape index (κ3) is 14.0. The van der Waals surface area contributed by atoms with Crippen molar-refractivity contribution in [2.24, 2.45) is 0 Å². The van der Waals surface area contributed by atoms with Crippen molar-refractivity contribution in [2.75, 3.05) is 0 Å². The highest BCUT2D eigenvalue weighted by molar-refractivity contribution is 8.00. The SMILES string of the molecule is CCCCCCCCCCC(O)SC(F)(F)F. The van der Waals surface area contributed by atoms with Crippen LogP contribution in [0.15, 0.2) is 0 Å². The van der Waals surface area contributed by atoms with Crippen LogP contribution in [0.5, 0.6) is 0 Å². The maximum absolute atomic E-state index is 11.9. The number of aliphatic hydroxyl groups excluding tert-OH is 1. The smallest absolute Gasteiger partial charge is 0.382 e. The second-order valence-electron chi connectivity index (χ2n) is 4.28. The molecule has 0 fully saturated rings. The Morgan fingerprint density at radius 2 is 1.41 bits per heavy atom. The van der Waals surface area contributed by atoms with Crippen molar-refractivity contribution >= 4 is 11.8 Å². The molecule has 0 saturated carbocycles. The fourth-order valence-electron chi connectivity index (χ4n) is 1.67. The highest BCUT2D eigenvalue weighted by Gasteiger charge is 2.31. The average molecular weight is 272 g/mol. The van der Waals surface area contributed by atoms with Crippen molar-refractivity contribution in [3.8, 4) is 0 Å². The number of unbranched alkanes of at least 4 members (excludes halogenated alkanes) is 7. The van der Waals surface area contributed by atoms with Crippen LogP contribution in [0.25, 0.3) is 0 Å². The Hall–Kier alpha value is 0.100. The lowest BCUT2D eigenvalue weighted by Crippen LogP contribution is -2.10. The number of alkyl halides is 3. The Bertz CT molecular complexity index is 174. The van der Waals surface area contributed by atoms with Crippen molar-refractivity contribution in [1.82, 2.24) is 0 Å². The van der Waals surface area contributed by atoms with E-state index in [0.717, 1.165) is 19.3 Å². The average Bonchev–Trinajstić information content (AvgIpc) is 2.19. The fourth-order valence-corrected chi connectivity index (χ4v) is 2.26. The highest BCUT2D eigenvalue weighted by atomic mass is 32.2. The summed E-state index contributed by atoms with van der Waals surface area (Å²) >= 11 is -0.313. The van der Waals surface area contributed by atoms with Gasteiger partial charge in [-0.15, -0.1) is 0 Å². The third-order valence-electron chi connectivity index (χ3n) is 2.57. The second-order valence-corrected chi connectivity index (χ2v) is 5.52. The quantitative estimate of drug-likeness (QED) is 0.441. The third-order valence-corrected chi connectivity index (χ3v) is 3.35. The molecule has 17 heavy (non-hydrogen) atoms. The van der Waals surface area contributed by atoms with Gasteiger partial charge in [0.15, 0.2) is 0 Å². The van der Waals surface area contributed by atoms with Crippen LogP contribution >= 0.6 is 11.8 Å². The number of aliphatic hydroxyl groups is 1. The Balaban J connectivity index is 3.22. The zero-order valence-electron chi connectivity index (χ0n) is 10.4. The number of thioether (sulfide) groups is 1. The van der Waals surface area contributed by atoms with Gasteiger partial charge in [0.05, 0.1) is 0 Å². The lowest BCUT2D eigenvalue weighted by Gasteiger charge is -2.11. The molecule has 1 atom stereocenters. The van der Waals surface area contributed by atoms with Gasteiger partial charge in [-0.3, -0.25) is 0 Å². The monoisotopic (exact) mass is 272 g/mol. The van der Waals surface area contributed by atoms with E-state index in [1.807, 2.05) is 0 Å². The Labute approximate surface area is 106 Å². The van der Waals surface area contributed by atoms with Crippen LogP contribution in [-0.2, 0) is 0 Å². The molecule has 0 aliphatic rings. The van der Waals surface area contributed by atoms with E-state index in [1.54, 1.807) is 0 Å². The summed E-state index contributed by atoms with van der Waals surface area (Å²) in [5.41, 5.74) is -5.62. The van der Waals surface area contributed by atoms with Gasteiger partial charge in [-0.2, -0.15) is 13.2 Å². The van der Waals surface area contributed by atoms with E-state index in [4.69, 9.17) is 5.11 Å². The molecule has 0 aromatic heterocycles. The molecular weight excluding hydrogens is 249 g/mol. The maximum atomic E-state index is 11.9. The molecule has 0 amide bonds. The van der Waals surface area contributed by atoms with Crippen LogP contribution in [0.1, 0.15) is 64.7 Å². The maximum Gasteiger partial charge on any atom is 0.444 e. The standard InChI is InChI=1S/C12H23F3OS/c1-2-3-4-5-6-7-8-9-10-11(16)17-12(13,14)15/h11,16H,2-10H2,1H3. The molecule has 0 spiro atoms. The minimum Gasteiger partial charge on any atom is -0.382 e. The molecule has 5 heteroatoms. The number of rotatable bonds is 10. The molecule has 0 radical (unpaired) electrons. The van der Waals surface area contributed by atoms with Crippen LogP contribution < -0.4 is 0 Å². The van der Waals surface area contributed by atoms with Crippen LogP contribution in [0.4, 0.5) is 13.2 Å². The van der Waals surface area contributed by atoms with Gasteiger partial charge in [0, 0.05) is 0 Å². The van der Waals surface area contributed by atoms with Gasteiger partial charge in [-0.1, -0.05) is 58.3 Å². The predicted molar refractivity (Wildman–Crippen MR) is 66.9 cm³/mol. The summed E-state index contributed by atoms with van der Waals surface area (Å²) in [6, 6.07) is 0. The molecule has 104 valence electrons. The van der Waals surface area contributed by atoms with Crippen molar-refractivity contribution in [3.05, 3.63) is 0 Å². The Kier molecular flexibility index (Phi) is 10.1. The molecule has 0 aromatic rings. The van der Waals surface area contributed by atoms with Crippen LogP contribution in [0, 0.1) is 0 Å². The number of halogens is 3. The molecule has 0 aromatic carbocycles. The zero-order valence-corrected chi connectivity index (χ0v) is 11.2. The molecule has 0 heterocycles. The molecule has 1 unspecified atom stereocenters. The van der Waals surface area contributed by atoms with Crippen LogP contribution in [-0.4, -0.2) is 16.1 Å². The molecule has 0 bridgehead atoms. The van der Waals surface area contributed by atoms with E-state index in [9.17, 15) is 13.2 Å². The summed E-state index contributed by atoms with van der Waals surface area (Å²) in [5, 5.41) is 9.10. The summed E-state index contributed by atoms with van der Waals surface area (Å²) in [4.78, 5) is 0. The van der Waals surface area contributed by atoms with Gasteiger partial charge in [0.1, 0.15) is 5.44 Å². The molecule has 1 nitrogen and oxygen atoms in total. The number of hydrogen-bond donors (Lipinski definition) is 1. The summed E-state index contributed by atoms with van der Waals surface area (Å²) in [7, 11) is 0. The van der Waals surface area contributed by atoms with E-state index >= 15 is 0 Å². The van der Waals surface area contributed by atoms with Gasteiger partial charge >= 0.3 is 5.51 Å². The topological polar surface area (TPSA) is 20.2 Å². The minimum absolute atomic E-state index is 0.235.